The lowest BCUT2D eigenvalue weighted by Gasteiger charge is -2.29. The second-order valence-corrected chi connectivity index (χ2v) is 8.11. The first-order chi connectivity index (χ1) is 15.1. The molecular weight excluding hydrogens is 390 g/mol. The molecule has 4 rings (SSSR count). The van der Waals surface area contributed by atoms with Crippen LogP contribution >= 0.6 is 0 Å². The highest BCUT2D eigenvalue weighted by Crippen LogP contribution is 2.32. The third-order valence-corrected chi connectivity index (χ3v) is 6.06. The fourth-order valence-corrected chi connectivity index (χ4v) is 4.24. The van der Waals surface area contributed by atoms with Crippen molar-refractivity contribution in [2.75, 3.05) is 19.5 Å². The fraction of sp³-hybridized carbons (Fsp3) is 0.360. The van der Waals surface area contributed by atoms with E-state index >= 15 is 0 Å². The van der Waals surface area contributed by atoms with E-state index < -0.39 is 0 Å². The second kappa shape index (κ2) is 9.25. The molecule has 6 heteroatoms. The Labute approximate surface area is 183 Å². The van der Waals surface area contributed by atoms with Crippen molar-refractivity contribution >= 4 is 28.3 Å². The summed E-state index contributed by atoms with van der Waals surface area (Å²) in [5.74, 6) is 2.37. The minimum Gasteiger partial charge on any atom is -0.497 e. The Hall–Kier alpha value is -3.28. The number of amides is 1. The van der Waals surface area contributed by atoms with Crippen LogP contribution in [-0.4, -0.2) is 31.2 Å². The Kier molecular flexibility index (Phi) is 6.26. The summed E-state index contributed by atoms with van der Waals surface area (Å²) in [5.41, 5.74) is 2.14. The molecular formula is C25H29N3O3. The Morgan fingerprint density at radius 1 is 1.03 bits per heavy atom. The van der Waals surface area contributed by atoms with Crippen molar-refractivity contribution in [1.29, 1.82) is 0 Å². The van der Waals surface area contributed by atoms with Gasteiger partial charge in [0.1, 0.15) is 17.3 Å². The fourth-order valence-electron chi connectivity index (χ4n) is 4.24. The first-order valence-corrected chi connectivity index (χ1v) is 10.8. The van der Waals surface area contributed by atoms with E-state index in [2.05, 4.69) is 17.6 Å². The molecule has 0 aliphatic heterocycles. The smallest absolute Gasteiger partial charge is 0.252 e. The molecule has 2 atom stereocenters. The van der Waals surface area contributed by atoms with Gasteiger partial charge in [-0.25, -0.2) is 4.98 Å². The highest BCUT2D eigenvalue weighted by atomic mass is 16.5. The van der Waals surface area contributed by atoms with Crippen molar-refractivity contribution in [2.24, 2.45) is 5.92 Å². The molecule has 0 radical (unpaired) electrons. The maximum Gasteiger partial charge on any atom is 0.252 e. The largest absolute Gasteiger partial charge is 0.497 e. The van der Waals surface area contributed by atoms with Crippen LogP contribution in [0.4, 0.5) is 11.5 Å². The molecule has 1 amide bonds. The van der Waals surface area contributed by atoms with Gasteiger partial charge in [-0.05, 0) is 43.0 Å². The van der Waals surface area contributed by atoms with Gasteiger partial charge in [0.05, 0.1) is 31.0 Å². The number of hydrogen-bond acceptors (Lipinski definition) is 5. The highest BCUT2D eigenvalue weighted by Gasteiger charge is 2.24. The molecule has 1 saturated carbocycles. The molecule has 1 aromatic heterocycles. The number of nitrogens with one attached hydrogen (secondary N) is 2. The molecule has 3 aromatic rings. The van der Waals surface area contributed by atoms with Crippen LogP contribution in [0.1, 0.15) is 43.0 Å². The van der Waals surface area contributed by atoms with Crippen molar-refractivity contribution in [2.45, 2.75) is 38.6 Å². The molecule has 1 fully saturated rings. The Bertz CT molecular complexity index is 1080. The summed E-state index contributed by atoms with van der Waals surface area (Å²) in [4.78, 5) is 18.0. The van der Waals surface area contributed by atoms with Gasteiger partial charge in [-0.15, -0.1) is 0 Å². The summed E-state index contributed by atoms with van der Waals surface area (Å²) in [6.07, 6.45) is 4.59. The van der Waals surface area contributed by atoms with Crippen LogP contribution in [0.25, 0.3) is 10.9 Å². The number of para-hydroxylation sites is 1. The predicted molar refractivity (Wildman–Crippen MR) is 123 cm³/mol. The van der Waals surface area contributed by atoms with Crippen LogP contribution in [0.15, 0.2) is 48.5 Å². The number of benzene rings is 2. The Morgan fingerprint density at radius 2 is 1.84 bits per heavy atom. The van der Waals surface area contributed by atoms with Gasteiger partial charge in [0.25, 0.3) is 5.91 Å². The van der Waals surface area contributed by atoms with E-state index in [1.54, 1.807) is 14.2 Å². The number of methoxy groups -OCH3 is 2. The number of carbonyl (C=O) groups is 1. The third kappa shape index (κ3) is 4.58. The monoisotopic (exact) mass is 419 g/mol. The van der Waals surface area contributed by atoms with Gasteiger partial charge in [-0.3, -0.25) is 4.79 Å². The Balaban J connectivity index is 1.67. The number of anilines is 2. The van der Waals surface area contributed by atoms with Gasteiger partial charge in [0.15, 0.2) is 0 Å². The average Bonchev–Trinajstić information content (AvgIpc) is 2.80. The molecule has 0 bridgehead atoms. The van der Waals surface area contributed by atoms with Gasteiger partial charge in [0, 0.05) is 17.5 Å². The van der Waals surface area contributed by atoms with Gasteiger partial charge < -0.3 is 20.1 Å². The number of ether oxygens (including phenoxy) is 2. The van der Waals surface area contributed by atoms with E-state index in [9.17, 15) is 4.79 Å². The molecule has 1 heterocycles. The maximum absolute atomic E-state index is 13.3. The highest BCUT2D eigenvalue weighted by molar-refractivity contribution is 6.07. The number of aromatic nitrogens is 1. The van der Waals surface area contributed by atoms with Gasteiger partial charge in [-0.1, -0.05) is 38.0 Å². The van der Waals surface area contributed by atoms with Crippen molar-refractivity contribution in [1.82, 2.24) is 10.3 Å². The number of nitrogens with zero attached hydrogens (tertiary/aromatic N) is 1. The van der Waals surface area contributed by atoms with Crippen LogP contribution in [0, 0.1) is 5.92 Å². The number of pyridine rings is 1. The Morgan fingerprint density at radius 3 is 2.61 bits per heavy atom. The minimum absolute atomic E-state index is 0.0536. The van der Waals surface area contributed by atoms with E-state index in [0.29, 0.717) is 28.8 Å². The lowest BCUT2D eigenvalue weighted by molar-refractivity contribution is 0.0912. The zero-order valence-electron chi connectivity index (χ0n) is 18.3. The molecule has 2 aromatic carbocycles. The van der Waals surface area contributed by atoms with E-state index in [4.69, 9.17) is 14.5 Å². The van der Waals surface area contributed by atoms with Crippen molar-refractivity contribution in [3.8, 4) is 11.5 Å². The molecule has 1 aliphatic rings. The maximum atomic E-state index is 13.3. The number of rotatable bonds is 6. The number of carbonyl (C=O) groups excluding carboxylic acids is 1. The van der Waals surface area contributed by atoms with Gasteiger partial charge in [0.2, 0.25) is 0 Å². The zero-order chi connectivity index (χ0) is 21.8. The first-order valence-electron chi connectivity index (χ1n) is 10.8. The van der Waals surface area contributed by atoms with Crippen molar-refractivity contribution < 1.29 is 14.3 Å². The molecule has 0 unspecified atom stereocenters. The number of hydrogen-bond donors (Lipinski definition) is 2. The van der Waals surface area contributed by atoms with E-state index in [1.165, 1.54) is 6.42 Å². The topological polar surface area (TPSA) is 72.5 Å². The van der Waals surface area contributed by atoms with Crippen molar-refractivity contribution in [3.05, 3.63) is 54.1 Å². The van der Waals surface area contributed by atoms with Gasteiger partial charge >= 0.3 is 0 Å². The summed E-state index contributed by atoms with van der Waals surface area (Å²) in [7, 11) is 3.23. The summed E-state index contributed by atoms with van der Waals surface area (Å²) < 4.78 is 10.8. The summed E-state index contributed by atoms with van der Waals surface area (Å²) in [6, 6.07) is 15.3. The predicted octanol–water partition coefficient (Wildman–Crippen LogP) is 5.30. The molecule has 1 aliphatic carbocycles. The first kappa shape index (κ1) is 21.0. The SMILES string of the molecule is COc1ccc(Nc2cc(C(=O)N[C@H]3CCCC[C@@H]3C)c3ccccc3n2)c(OC)c1. The normalized spacial score (nSPS) is 18.4. The molecule has 0 saturated heterocycles. The molecule has 0 spiro atoms. The summed E-state index contributed by atoms with van der Waals surface area (Å²) in [6.45, 7) is 2.22. The zero-order valence-corrected chi connectivity index (χ0v) is 18.3. The lowest BCUT2D eigenvalue weighted by Crippen LogP contribution is -2.41. The summed E-state index contributed by atoms with van der Waals surface area (Å²) in [5, 5.41) is 7.42. The molecule has 6 nitrogen and oxygen atoms in total. The second-order valence-electron chi connectivity index (χ2n) is 8.11. The standard InChI is InChI=1S/C25H29N3O3/c1-16-8-4-6-10-20(16)28-25(29)19-15-24(26-21-11-7-5-9-18(19)21)27-22-13-12-17(30-2)14-23(22)31-3/h5,7,9,11-16,20H,4,6,8,10H2,1-3H3,(H,26,27)(H,28,29)/t16-,20-/m0/s1. The van der Waals surface area contributed by atoms with E-state index in [0.717, 1.165) is 35.9 Å². The van der Waals surface area contributed by atoms with Crippen LogP contribution < -0.4 is 20.1 Å². The molecule has 162 valence electrons. The quantitative estimate of drug-likeness (QED) is 0.567. The van der Waals surface area contributed by atoms with Gasteiger partial charge in [-0.2, -0.15) is 0 Å². The summed E-state index contributed by atoms with van der Waals surface area (Å²) >= 11 is 0. The molecule has 2 N–H and O–H groups in total. The number of fused-ring (bicyclic) bond motifs is 1. The average molecular weight is 420 g/mol. The third-order valence-electron chi connectivity index (χ3n) is 6.06. The van der Waals surface area contributed by atoms with Crippen LogP contribution in [0.3, 0.4) is 0 Å². The van der Waals surface area contributed by atoms with Crippen LogP contribution in [0.5, 0.6) is 11.5 Å². The molecule has 31 heavy (non-hydrogen) atoms. The van der Waals surface area contributed by atoms with Crippen LogP contribution in [0.2, 0.25) is 0 Å². The minimum atomic E-state index is -0.0536. The van der Waals surface area contributed by atoms with E-state index in [1.807, 2.05) is 48.5 Å². The lowest BCUT2D eigenvalue weighted by atomic mass is 9.86. The van der Waals surface area contributed by atoms with E-state index in [-0.39, 0.29) is 11.9 Å². The van der Waals surface area contributed by atoms with Crippen molar-refractivity contribution in [3.63, 3.8) is 0 Å². The van der Waals surface area contributed by atoms with Crippen LogP contribution in [-0.2, 0) is 0 Å².